The number of ether oxygens (including phenoxy) is 3. The van der Waals surface area contributed by atoms with Crippen LogP contribution in [0, 0.1) is 0 Å². The summed E-state index contributed by atoms with van der Waals surface area (Å²) in [5.74, 6) is 3.08. The van der Waals surface area contributed by atoms with E-state index in [1.54, 1.807) is 7.11 Å². The molecule has 3 heterocycles. The predicted molar refractivity (Wildman–Crippen MR) is 141 cm³/mol. The summed E-state index contributed by atoms with van der Waals surface area (Å²) in [6, 6.07) is 13.8. The van der Waals surface area contributed by atoms with Crippen LogP contribution in [-0.4, -0.2) is 44.0 Å². The number of hydrogen-bond acceptors (Lipinski definition) is 8. The minimum Gasteiger partial charge on any atom is -0.497 e. The predicted octanol–water partition coefficient (Wildman–Crippen LogP) is 4.52. The van der Waals surface area contributed by atoms with Crippen LogP contribution in [0.4, 0.5) is 0 Å². The first-order valence-electron chi connectivity index (χ1n) is 13.2. The molecule has 1 N–H and O–H groups in total. The smallest absolute Gasteiger partial charge is 0.252 e. The molecule has 0 spiro atoms. The van der Waals surface area contributed by atoms with Gasteiger partial charge < -0.3 is 19.2 Å². The number of pyridine rings is 1. The second-order valence-electron chi connectivity index (χ2n) is 10.0. The standard InChI is InChI=1S/C28H32N6O4/c1-3-24(27-30-31-32-34(27)21-6-4-5-7-21)33(15-18-8-11-25-26(12-18)38-17-37-25)16-20-13-19-14-22(36-2)9-10-23(19)29-28(20)35/h8-14,21,24H,3-7,15-17H2,1-2H3,(H,29,35). The minimum atomic E-state index is -0.108. The van der Waals surface area contributed by atoms with Gasteiger partial charge in [0.1, 0.15) is 5.75 Å². The second-order valence-corrected chi connectivity index (χ2v) is 10.0. The van der Waals surface area contributed by atoms with E-state index in [9.17, 15) is 4.79 Å². The number of rotatable bonds is 9. The van der Waals surface area contributed by atoms with Crippen molar-refractivity contribution in [3.05, 3.63) is 69.8 Å². The molecule has 0 amide bonds. The van der Waals surface area contributed by atoms with Gasteiger partial charge in [-0.2, -0.15) is 0 Å². The van der Waals surface area contributed by atoms with Crippen LogP contribution in [0.25, 0.3) is 10.9 Å². The van der Waals surface area contributed by atoms with Gasteiger partial charge >= 0.3 is 0 Å². The lowest BCUT2D eigenvalue weighted by Crippen LogP contribution is -2.32. The highest BCUT2D eigenvalue weighted by atomic mass is 16.7. The molecule has 0 bridgehead atoms. The van der Waals surface area contributed by atoms with Gasteiger partial charge in [-0.15, -0.1) is 5.10 Å². The molecule has 38 heavy (non-hydrogen) atoms. The molecule has 198 valence electrons. The molecular weight excluding hydrogens is 484 g/mol. The zero-order chi connectivity index (χ0) is 26.1. The van der Waals surface area contributed by atoms with Crippen LogP contribution >= 0.6 is 0 Å². The summed E-state index contributed by atoms with van der Waals surface area (Å²) >= 11 is 0. The average Bonchev–Trinajstić information content (AvgIpc) is 3.71. The van der Waals surface area contributed by atoms with E-state index in [1.165, 1.54) is 12.8 Å². The fourth-order valence-electron chi connectivity index (χ4n) is 5.68. The number of tetrazole rings is 1. The Kier molecular flexibility index (Phi) is 6.71. The summed E-state index contributed by atoms with van der Waals surface area (Å²) in [5.41, 5.74) is 2.40. The molecule has 0 saturated heterocycles. The van der Waals surface area contributed by atoms with Crippen molar-refractivity contribution in [1.82, 2.24) is 30.1 Å². The Morgan fingerprint density at radius 3 is 2.76 bits per heavy atom. The van der Waals surface area contributed by atoms with Crippen molar-refractivity contribution in [2.24, 2.45) is 0 Å². The molecule has 1 aliphatic carbocycles. The average molecular weight is 517 g/mol. The first-order valence-corrected chi connectivity index (χ1v) is 13.2. The fourth-order valence-corrected chi connectivity index (χ4v) is 5.68. The van der Waals surface area contributed by atoms with Gasteiger partial charge in [0.2, 0.25) is 6.79 Å². The van der Waals surface area contributed by atoms with E-state index in [0.29, 0.717) is 24.7 Å². The highest BCUT2D eigenvalue weighted by molar-refractivity contribution is 5.80. The van der Waals surface area contributed by atoms with Gasteiger partial charge in [0.15, 0.2) is 17.3 Å². The van der Waals surface area contributed by atoms with Gasteiger partial charge in [-0.1, -0.05) is 25.8 Å². The third-order valence-corrected chi connectivity index (χ3v) is 7.64. The van der Waals surface area contributed by atoms with E-state index in [2.05, 4.69) is 32.3 Å². The summed E-state index contributed by atoms with van der Waals surface area (Å²) in [7, 11) is 1.64. The summed E-state index contributed by atoms with van der Waals surface area (Å²) in [5, 5.41) is 13.9. The first kappa shape index (κ1) is 24.4. The topological polar surface area (TPSA) is 107 Å². The maximum absolute atomic E-state index is 13.2. The van der Waals surface area contributed by atoms with Crippen molar-refractivity contribution in [3.63, 3.8) is 0 Å². The van der Waals surface area contributed by atoms with Crippen molar-refractivity contribution in [3.8, 4) is 17.2 Å². The van der Waals surface area contributed by atoms with E-state index in [1.807, 2.05) is 47.1 Å². The van der Waals surface area contributed by atoms with Gasteiger partial charge in [0, 0.05) is 29.6 Å². The van der Waals surface area contributed by atoms with Crippen LogP contribution in [0.5, 0.6) is 17.2 Å². The Morgan fingerprint density at radius 2 is 1.95 bits per heavy atom. The largest absolute Gasteiger partial charge is 0.497 e. The van der Waals surface area contributed by atoms with E-state index < -0.39 is 0 Å². The van der Waals surface area contributed by atoms with E-state index in [0.717, 1.165) is 58.8 Å². The van der Waals surface area contributed by atoms with Crippen molar-refractivity contribution in [2.75, 3.05) is 13.9 Å². The number of aromatic nitrogens is 5. The number of aromatic amines is 1. The molecule has 1 saturated carbocycles. The number of fused-ring (bicyclic) bond motifs is 2. The van der Waals surface area contributed by atoms with Crippen molar-refractivity contribution < 1.29 is 14.2 Å². The molecule has 2 aromatic carbocycles. The SMILES string of the molecule is CCC(c1nnnn1C1CCCC1)N(Cc1ccc2c(c1)OCO2)Cc1cc2cc(OC)ccc2[nH]c1=O. The quantitative estimate of drug-likeness (QED) is 0.346. The molecule has 1 atom stereocenters. The summed E-state index contributed by atoms with van der Waals surface area (Å²) in [6.45, 7) is 3.38. The van der Waals surface area contributed by atoms with Gasteiger partial charge in [-0.25, -0.2) is 4.68 Å². The Labute approximate surface area is 220 Å². The third kappa shape index (κ3) is 4.71. The molecule has 2 aromatic heterocycles. The Bertz CT molecular complexity index is 1490. The fraction of sp³-hybridized carbons (Fsp3) is 0.429. The van der Waals surface area contributed by atoms with E-state index >= 15 is 0 Å². The Hall–Kier alpha value is -3.92. The molecular formula is C28H32N6O4. The zero-order valence-corrected chi connectivity index (χ0v) is 21.7. The van der Waals surface area contributed by atoms with Crippen LogP contribution in [0.2, 0.25) is 0 Å². The van der Waals surface area contributed by atoms with E-state index in [4.69, 9.17) is 14.2 Å². The van der Waals surface area contributed by atoms with Crippen LogP contribution in [-0.2, 0) is 13.1 Å². The van der Waals surface area contributed by atoms with Crippen molar-refractivity contribution >= 4 is 10.9 Å². The number of hydrogen-bond donors (Lipinski definition) is 1. The molecule has 10 nitrogen and oxygen atoms in total. The Morgan fingerprint density at radius 1 is 1.11 bits per heavy atom. The summed E-state index contributed by atoms with van der Waals surface area (Å²) < 4.78 is 18.6. The minimum absolute atomic E-state index is 0.0866. The molecule has 4 aromatic rings. The molecule has 6 rings (SSSR count). The number of methoxy groups -OCH3 is 1. The Balaban J connectivity index is 1.38. The number of nitrogens with zero attached hydrogens (tertiary/aromatic N) is 5. The maximum Gasteiger partial charge on any atom is 0.252 e. The summed E-state index contributed by atoms with van der Waals surface area (Å²) in [6.07, 6.45) is 5.35. The molecule has 1 unspecified atom stereocenters. The van der Waals surface area contributed by atoms with Crippen LogP contribution in [0.1, 0.15) is 68.1 Å². The number of H-pyrrole nitrogens is 1. The van der Waals surface area contributed by atoms with Gasteiger partial charge in [-0.3, -0.25) is 9.69 Å². The molecule has 10 heteroatoms. The molecule has 1 fully saturated rings. The zero-order valence-electron chi connectivity index (χ0n) is 21.7. The second kappa shape index (κ2) is 10.4. The van der Waals surface area contributed by atoms with Gasteiger partial charge in [-0.05, 0) is 71.7 Å². The van der Waals surface area contributed by atoms with Crippen molar-refractivity contribution in [1.29, 1.82) is 0 Å². The lowest BCUT2D eigenvalue weighted by atomic mass is 10.1. The summed E-state index contributed by atoms with van der Waals surface area (Å²) in [4.78, 5) is 18.5. The normalized spacial score (nSPS) is 16.0. The van der Waals surface area contributed by atoms with E-state index in [-0.39, 0.29) is 18.4 Å². The number of nitrogens with one attached hydrogen (secondary N) is 1. The van der Waals surface area contributed by atoms with Crippen LogP contribution in [0.3, 0.4) is 0 Å². The third-order valence-electron chi connectivity index (χ3n) is 7.64. The van der Waals surface area contributed by atoms with Crippen LogP contribution in [0.15, 0.2) is 47.3 Å². The van der Waals surface area contributed by atoms with Crippen LogP contribution < -0.4 is 19.8 Å². The maximum atomic E-state index is 13.2. The first-order chi connectivity index (χ1) is 18.6. The number of benzene rings is 2. The monoisotopic (exact) mass is 516 g/mol. The molecule has 2 aliphatic rings. The highest BCUT2D eigenvalue weighted by Crippen LogP contribution is 2.36. The highest BCUT2D eigenvalue weighted by Gasteiger charge is 2.30. The molecule has 1 aliphatic heterocycles. The van der Waals surface area contributed by atoms with Crippen molar-refractivity contribution in [2.45, 2.75) is 64.2 Å². The van der Waals surface area contributed by atoms with Gasteiger partial charge in [0.25, 0.3) is 5.56 Å². The molecule has 0 radical (unpaired) electrons. The lowest BCUT2D eigenvalue weighted by Gasteiger charge is -2.31. The lowest BCUT2D eigenvalue weighted by molar-refractivity contribution is 0.158. The van der Waals surface area contributed by atoms with Gasteiger partial charge in [0.05, 0.1) is 19.2 Å².